The minimum atomic E-state index is 0.502. The summed E-state index contributed by atoms with van der Waals surface area (Å²) in [6.45, 7) is 2.13. The Morgan fingerprint density at radius 1 is 1.33 bits per heavy atom. The number of nitrogens with zero attached hydrogens (tertiary/aromatic N) is 2. The molecule has 0 aromatic carbocycles. The van der Waals surface area contributed by atoms with Gasteiger partial charge in [0.15, 0.2) is 0 Å². The highest BCUT2D eigenvalue weighted by atomic mass is 16.3. The summed E-state index contributed by atoms with van der Waals surface area (Å²) >= 11 is 0. The van der Waals surface area contributed by atoms with Crippen LogP contribution in [0.1, 0.15) is 36.4 Å². The molecule has 0 amide bonds. The predicted octanol–water partition coefficient (Wildman–Crippen LogP) is 3.40. The van der Waals surface area contributed by atoms with Gasteiger partial charge in [-0.15, -0.1) is 0 Å². The van der Waals surface area contributed by atoms with E-state index in [2.05, 4.69) is 22.0 Å². The largest absolute Gasteiger partial charge is 0.472 e. The van der Waals surface area contributed by atoms with Crippen LogP contribution in [0.5, 0.6) is 0 Å². The van der Waals surface area contributed by atoms with E-state index in [-0.39, 0.29) is 0 Å². The fraction of sp³-hybridized carbons (Fsp3) is 0.400. The van der Waals surface area contributed by atoms with Crippen LogP contribution in [0.4, 0.5) is 0 Å². The summed E-state index contributed by atoms with van der Waals surface area (Å²) in [6, 6.07) is 6.77. The molecule has 0 unspecified atom stereocenters. The van der Waals surface area contributed by atoms with Gasteiger partial charge in [0.05, 0.1) is 12.5 Å². The number of furan rings is 1. The number of rotatable bonds is 3. The van der Waals surface area contributed by atoms with Gasteiger partial charge in [0.2, 0.25) is 0 Å². The molecule has 0 bridgehead atoms. The molecule has 0 radical (unpaired) electrons. The predicted molar refractivity (Wildman–Crippen MR) is 69.9 cm³/mol. The molecule has 0 N–H and O–H groups in total. The van der Waals surface area contributed by atoms with Crippen molar-refractivity contribution in [1.29, 1.82) is 0 Å². The van der Waals surface area contributed by atoms with E-state index < -0.39 is 0 Å². The van der Waals surface area contributed by atoms with Crippen molar-refractivity contribution < 1.29 is 4.42 Å². The topological polar surface area (TPSA) is 29.3 Å². The fourth-order valence-corrected chi connectivity index (χ4v) is 2.75. The summed E-state index contributed by atoms with van der Waals surface area (Å²) < 4.78 is 5.16. The standard InChI is InChI=1S/C15H18N2O/c1-2-8-17(11-13-6-9-18-12-13)15(5-1)14-4-3-7-16-10-14/h3-4,6-7,9-10,12,15H,1-2,5,8,11H2/t15-/m1/s1. The first-order valence-corrected chi connectivity index (χ1v) is 6.58. The van der Waals surface area contributed by atoms with Crippen molar-refractivity contribution >= 4 is 0 Å². The minimum Gasteiger partial charge on any atom is -0.472 e. The van der Waals surface area contributed by atoms with Gasteiger partial charge in [-0.05, 0) is 37.1 Å². The van der Waals surface area contributed by atoms with Crippen molar-refractivity contribution in [2.45, 2.75) is 31.8 Å². The SMILES string of the molecule is c1cncc([C@H]2CCCCN2Cc2ccoc2)c1. The van der Waals surface area contributed by atoms with Crippen LogP contribution in [0, 0.1) is 0 Å². The Kier molecular flexibility index (Phi) is 3.42. The summed E-state index contributed by atoms with van der Waals surface area (Å²) in [4.78, 5) is 6.78. The summed E-state index contributed by atoms with van der Waals surface area (Å²) in [5, 5.41) is 0. The number of pyridine rings is 1. The van der Waals surface area contributed by atoms with E-state index in [0.29, 0.717) is 6.04 Å². The summed E-state index contributed by atoms with van der Waals surface area (Å²) in [5.41, 5.74) is 2.59. The quantitative estimate of drug-likeness (QED) is 0.826. The van der Waals surface area contributed by atoms with E-state index in [0.717, 1.165) is 13.1 Å². The van der Waals surface area contributed by atoms with Crippen LogP contribution in [0.25, 0.3) is 0 Å². The molecule has 1 saturated heterocycles. The lowest BCUT2D eigenvalue weighted by Gasteiger charge is -2.35. The van der Waals surface area contributed by atoms with Crippen molar-refractivity contribution in [3.63, 3.8) is 0 Å². The lowest BCUT2D eigenvalue weighted by atomic mass is 9.96. The second-order valence-corrected chi connectivity index (χ2v) is 4.90. The van der Waals surface area contributed by atoms with Gasteiger partial charge in [-0.3, -0.25) is 9.88 Å². The summed E-state index contributed by atoms with van der Waals surface area (Å²) in [5.74, 6) is 0. The van der Waals surface area contributed by atoms with Crippen LogP contribution in [0.3, 0.4) is 0 Å². The molecule has 1 aliphatic rings. The Balaban J connectivity index is 1.78. The lowest BCUT2D eigenvalue weighted by molar-refractivity contribution is 0.140. The van der Waals surface area contributed by atoms with Crippen LogP contribution in [0.15, 0.2) is 47.5 Å². The summed E-state index contributed by atoms with van der Waals surface area (Å²) in [6.07, 6.45) is 11.2. The molecule has 3 nitrogen and oxygen atoms in total. The monoisotopic (exact) mass is 242 g/mol. The third-order valence-electron chi connectivity index (χ3n) is 3.65. The molecule has 2 aromatic rings. The average Bonchev–Trinajstić information content (AvgIpc) is 2.93. The highest BCUT2D eigenvalue weighted by molar-refractivity contribution is 5.16. The highest BCUT2D eigenvalue weighted by Gasteiger charge is 2.24. The number of aromatic nitrogens is 1. The third kappa shape index (κ3) is 2.46. The second kappa shape index (κ2) is 5.36. The van der Waals surface area contributed by atoms with Crippen molar-refractivity contribution in [2.24, 2.45) is 0 Å². The van der Waals surface area contributed by atoms with Crippen LogP contribution < -0.4 is 0 Å². The molecule has 1 atom stereocenters. The van der Waals surface area contributed by atoms with Gasteiger partial charge in [0, 0.05) is 30.5 Å². The zero-order valence-corrected chi connectivity index (χ0v) is 10.5. The number of piperidine rings is 1. The molecule has 94 valence electrons. The maximum Gasteiger partial charge on any atom is 0.0947 e. The van der Waals surface area contributed by atoms with Crippen molar-refractivity contribution in [3.8, 4) is 0 Å². The Labute approximate surface area is 107 Å². The zero-order valence-electron chi connectivity index (χ0n) is 10.5. The maximum absolute atomic E-state index is 5.16. The van der Waals surface area contributed by atoms with Crippen LogP contribution >= 0.6 is 0 Å². The van der Waals surface area contributed by atoms with E-state index in [1.165, 1.54) is 30.4 Å². The Morgan fingerprint density at radius 3 is 3.11 bits per heavy atom. The van der Waals surface area contributed by atoms with Gasteiger partial charge in [0.1, 0.15) is 0 Å². The minimum absolute atomic E-state index is 0.502. The zero-order chi connectivity index (χ0) is 12.2. The Morgan fingerprint density at radius 2 is 2.33 bits per heavy atom. The number of hydrogen-bond donors (Lipinski definition) is 0. The molecule has 0 aliphatic carbocycles. The normalized spacial score (nSPS) is 21.0. The maximum atomic E-state index is 5.16. The first-order valence-electron chi connectivity index (χ1n) is 6.58. The van der Waals surface area contributed by atoms with E-state index >= 15 is 0 Å². The molecule has 2 aromatic heterocycles. The first-order chi connectivity index (χ1) is 8.93. The average molecular weight is 242 g/mol. The molecule has 1 fully saturated rings. The van der Waals surface area contributed by atoms with Gasteiger partial charge in [-0.1, -0.05) is 12.5 Å². The molecule has 1 aliphatic heterocycles. The van der Waals surface area contributed by atoms with Crippen LogP contribution in [-0.2, 0) is 6.54 Å². The molecule has 3 rings (SSSR count). The van der Waals surface area contributed by atoms with E-state index in [1.54, 1.807) is 6.26 Å². The van der Waals surface area contributed by atoms with Crippen LogP contribution in [-0.4, -0.2) is 16.4 Å². The molecule has 0 spiro atoms. The van der Waals surface area contributed by atoms with E-state index in [4.69, 9.17) is 4.42 Å². The van der Waals surface area contributed by atoms with Gasteiger partial charge >= 0.3 is 0 Å². The first kappa shape index (κ1) is 11.5. The van der Waals surface area contributed by atoms with Crippen molar-refractivity contribution in [1.82, 2.24) is 9.88 Å². The third-order valence-corrected chi connectivity index (χ3v) is 3.65. The number of hydrogen-bond acceptors (Lipinski definition) is 3. The van der Waals surface area contributed by atoms with Gasteiger partial charge in [-0.2, -0.15) is 0 Å². The second-order valence-electron chi connectivity index (χ2n) is 4.90. The van der Waals surface area contributed by atoms with Crippen molar-refractivity contribution in [3.05, 3.63) is 54.2 Å². The van der Waals surface area contributed by atoms with Gasteiger partial charge in [0.25, 0.3) is 0 Å². The molecule has 3 heteroatoms. The van der Waals surface area contributed by atoms with E-state index in [1.807, 2.05) is 24.7 Å². The smallest absolute Gasteiger partial charge is 0.0947 e. The highest BCUT2D eigenvalue weighted by Crippen LogP contribution is 2.31. The summed E-state index contributed by atoms with van der Waals surface area (Å²) in [7, 11) is 0. The Hall–Kier alpha value is -1.61. The van der Waals surface area contributed by atoms with E-state index in [9.17, 15) is 0 Å². The lowest BCUT2D eigenvalue weighted by Crippen LogP contribution is -2.32. The molecular weight excluding hydrogens is 224 g/mol. The molecule has 3 heterocycles. The Bertz CT molecular complexity index is 467. The fourth-order valence-electron chi connectivity index (χ4n) is 2.75. The van der Waals surface area contributed by atoms with Crippen molar-refractivity contribution in [2.75, 3.05) is 6.54 Å². The van der Waals surface area contributed by atoms with Gasteiger partial charge < -0.3 is 4.42 Å². The molecule has 0 saturated carbocycles. The molecular formula is C15H18N2O. The van der Waals surface area contributed by atoms with Gasteiger partial charge in [-0.25, -0.2) is 0 Å². The molecule has 18 heavy (non-hydrogen) atoms. The number of likely N-dealkylation sites (tertiary alicyclic amines) is 1. The van der Waals surface area contributed by atoms with Crippen LogP contribution in [0.2, 0.25) is 0 Å².